The van der Waals surface area contributed by atoms with Crippen LogP contribution in [0.25, 0.3) is 16.6 Å². The van der Waals surface area contributed by atoms with Gasteiger partial charge in [0.25, 0.3) is 5.91 Å². The quantitative estimate of drug-likeness (QED) is 0.476. The minimum atomic E-state index is -3.01. The van der Waals surface area contributed by atoms with E-state index in [1.165, 1.54) is 6.07 Å². The molecule has 3 aromatic heterocycles. The number of carbonyl (C=O) groups excluding carboxylic acids is 1. The Kier molecular flexibility index (Phi) is 4.82. The van der Waals surface area contributed by atoms with E-state index in [1.54, 1.807) is 47.9 Å². The Hall–Kier alpha value is -3.92. The van der Waals surface area contributed by atoms with Crippen molar-refractivity contribution < 1.29 is 23.4 Å². The number of fused-ring (bicyclic) bond motifs is 9. The summed E-state index contributed by atoms with van der Waals surface area (Å²) in [6.45, 7) is -1.41. The van der Waals surface area contributed by atoms with Gasteiger partial charge in [0.2, 0.25) is 0 Å². The van der Waals surface area contributed by atoms with Crippen molar-refractivity contribution >= 4 is 11.4 Å². The van der Waals surface area contributed by atoms with Crippen LogP contribution in [0.2, 0.25) is 0 Å². The second-order valence-corrected chi connectivity index (χ2v) is 8.87. The van der Waals surface area contributed by atoms with E-state index < -0.39 is 12.7 Å². The lowest BCUT2D eigenvalue weighted by atomic mass is 9.88. The molecule has 0 spiro atoms. The van der Waals surface area contributed by atoms with Gasteiger partial charge >= 0.3 is 6.61 Å². The molecule has 178 valence electrons. The van der Waals surface area contributed by atoms with Gasteiger partial charge in [0.05, 0.1) is 17.3 Å². The fourth-order valence-corrected chi connectivity index (χ4v) is 5.24. The standard InChI is InChI=1S/C25H21F2N5O3/c1-12(33)23-28-10-14(11-29-23)13-6-7-32-17(8-13)21-16-9-18(22(21)30-32)31(2)24(34)15-4-3-5-19(20(15)16)35-25(26)27/h3-8,10-12,16,18,25,33H,9H2,1-2H3/t12-,16-,18-/m1/s1. The smallest absolute Gasteiger partial charge is 0.387 e. The molecule has 1 amide bonds. The van der Waals surface area contributed by atoms with Gasteiger partial charge in [-0.05, 0) is 43.2 Å². The number of halogens is 2. The molecule has 10 heteroatoms. The lowest BCUT2D eigenvalue weighted by Gasteiger charge is -2.23. The van der Waals surface area contributed by atoms with Crippen LogP contribution < -0.4 is 4.74 Å². The van der Waals surface area contributed by atoms with E-state index in [2.05, 4.69) is 9.97 Å². The summed E-state index contributed by atoms with van der Waals surface area (Å²) < 4.78 is 33.1. The van der Waals surface area contributed by atoms with Gasteiger partial charge in [-0.1, -0.05) is 6.07 Å². The maximum atomic E-state index is 13.3. The molecular weight excluding hydrogens is 456 g/mol. The molecule has 3 atom stereocenters. The van der Waals surface area contributed by atoms with E-state index in [0.717, 1.165) is 27.9 Å². The molecule has 1 aliphatic carbocycles. The molecule has 1 aromatic carbocycles. The van der Waals surface area contributed by atoms with Crippen LogP contribution in [0.4, 0.5) is 8.78 Å². The molecule has 2 aliphatic rings. The highest BCUT2D eigenvalue weighted by molar-refractivity contribution is 5.98. The van der Waals surface area contributed by atoms with Gasteiger partial charge in [-0.15, -0.1) is 0 Å². The lowest BCUT2D eigenvalue weighted by Crippen LogP contribution is -2.30. The Morgan fingerprint density at radius 1 is 1.14 bits per heavy atom. The van der Waals surface area contributed by atoms with Gasteiger partial charge in [0.15, 0.2) is 5.82 Å². The highest BCUT2D eigenvalue weighted by atomic mass is 19.3. The largest absolute Gasteiger partial charge is 0.434 e. The zero-order valence-corrected chi connectivity index (χ0v) is 18.9. The molecule has 0 fully saturated rings. The number of ether oxygens (including phenoxy) is 1. The highest BCUT2D eigenvalue weighted by Gasteiger charge is 2.46. The van der Waals surface area contributed by atoms with Gasteiger partial charge in [0.1, 0.15) is 11.9 Å². The van der Waals surface area contributed by atoms with Crippen molar-refractivity contribution in [2.75, 3.05) is 7.05 Å². The summed E-state index contributed by atoms with van der Waals surface area (Å²) in [5.41, 5.74) is 4.89. The molecule has 35 heavy (non-hydrogen) atoms. The normalized spacial score (nSPS) is 19.6. The third-order valence-electron chi connectivity index (χ3n) is 6.85. The van der Waals surface area contributed by atoms with E-state index in [-0.39, 0.29) is 23.6 Å². The minimum absolute atomic E-state index is 0.00960. The molecule has 4 heterocycles. The Morgan fingerprint density at radius 3 is 2.63 bits per heavy atom. The first-order valence-corrected chi connectivity index (χ1v) is 11.2. The monoisotopic (exact) mass is 477 g/mol. The van der Waals surface area contributed by atoms with Crippen LogP contribution in [-0.4, -0.2) is 49.2 Å². The zero-order chi connectivity index (χ0) is 24.4. The summed E-state index contributed by atoms with van der Waals surface area (Å²) in [4.78, 5) is 23.3. The first-order chi connectivity index (χ1) is 16.8. The van der Waals surface area contributed by atoms with Gasteiger partial charge in [-0.3, -0.25) is 4.79 Å². The maximum Gasteiger partial charge on any atom is 0.387 e. The maximum absolute atomic E-state index is 13.3. The number of pyridine rings is 1. The number of aromatic nitrogens is 4. The number of aliphatic hydroxyl groups excluding tert-OH is 1. The van der Waals surface area contributed by atoms with E-state index >= 15 is 0 Å². The third kappa shape index (κ3) is 3.28. The molecule has 8 nitrogen and oxygen atoms in total. The number of hydrogen-bond acceptors (Lipinski definition) is 6. The average Bonchev–Trinajstić information content (AvgIpc) is 3.36. The van der Waals surface area contributed by atoms with Gasteiger partial charge in [0, 0.05) is 53.8 Å². The Balaban J connectivity index is 1.54. The van der Waals surface area contributed by atoms with Crippen LogP contribution in [0, 0.1) is 0 Å². The molecule has 0 unspecified atom stereocenters. The predicted octanol–water partition coefficient (Wildman–Crippen LogP) is 4.11. The second-order valence-electron chi connectivity index (χ2n) is 8.87. The second kappa shape index (κ2) is 7.81. The summed E-state index contributed by atoms with van der Waals surface area (Å²) in [6, 6.07) is 8.26. The van der Waals surface area contributed by atoms with Crippen LogP contribution in [-0.2, 0) is 0 Å². The molecule has 4 aromatic rings. The number of carbonyl (C=O) groups is 1. The molecule has 6 rings (SSSR count). The number of benzene rings is 1. The third-order valence-corrected chi connectivity index (χ3v) is 6.85. The minimum Gasteiger partial charge on any atom is -0.434 e. The van der Waals surface area contributed by atoms with Crippen LogP contribution in [0.3, 0.4) is 0 Å². The van der Waals surface area contributed by atoms with Crippen LogP contribution >= 0.6 is 0 Å². The molecular formula is C25H21F2N5O3. The number of hydrogen-bond donors (Lipinski definition) is 1. The van der Waals surface area contributed by atoms with Crippen LogP contribution in [0.1, 0.15) is 64.4 Å². The molecule has 2 bridgehead atoms. The highest BCUT2D eigenvalue weighted by Crippen LogP contribution is 2.53. The number of nitrogens with zero attached hydrogens (tertiary/aromatic N) is 5. The Morgan fingerprint density at radius 2 is 1.91 bits per heavy atom. The summed E-state index contributed by atoms with van der Waals surface area (Å²) in [5, 5.41) is 14.5. The lowest BCUT2D eigenvalue weighted by molar-refractivity contribution is -0.0505. The molecule has 1 N–H and O–H groups in total. The molecule has 0 radical (unpaired) electrons. The van der Waals surface area contributed by atoms with Crippen molar-refractivity contribution in [1.82, 2.24) is 24.5 Å². The van der Waals surface area contributed by atoms with E-state index in [4.69, 9.17) is 9.84 Å². The topological polar surface area (TPSA) is 92.9 Å². The van der Waals surface area contributed by atoms with Gasteiger partial charge in [-0.2, -0.15) is 13.9 Å². The SMILES string of the molecule is C[C@@H](O)c1ncc(-c2ccn3nc4c(c3c2)[C@@H]2C[C@H]4N(C)C(=O)c3cccc(OC(F)F)c32)cn1. The van der Waals surface area contributed by atoms with Gasteiger partial charge in [-0.25, -0.2) is 14.5 Å². The predicted molar refractivity (Wildman–Crippen MR) is 121 cm³/mol. The van der Waals surface area contributed by atoms with Crippen molar-refractivity contribution in [3.05, 3.63) is 77.1 Å². The summed E-state index contributed by atoms with van der Waals surface area (Å²) in [5.74, 6) is -0.238. The Labute approximate surface area is 198 Å². The summed E-state index contributed by atoms with van der Waals surface area (Å²) in [7, 11) is 1.71. The first kappa shape index (κ1) is 21.6. The molecule has 1 aliphatic heterocycles. The van der Waals surface area contributed by atoms with E-state index in [9.17, 15) is 18.7 Å². The van der Waals surface area contributed by atoms with E-state index in [0.29, 0.717) is 23.4 Å². The fourth-order valence-electron chi connectivity index (χ4n) is 5.24. The van der Waals surface area contributed by atoms with E-state index in [1.807, 2.05) is 18.3 Å². The van der Waals surface area contributed by atoms with Crippen molar-refractivity contribution in [3.63, 3.8) is 0 Å². The first-order valence-electron chi connectivity index (χ1n) is 11.2. The molecule has 0 saturated heterocycles. The number of amides is 1. The Bertz CT molecular complexity index is 1470. The van der Waals surface area contributed by atoms with Gasteiger partial charge < -0.3 is 14.7 Å². The van der Waals surface area contributed by atoms with Crippen molar-refractivity contribution in [2.45, 2.75) is 38.0 Å². The molecule has 0 saturated carbocycles. The number of aliphatic hydroxyl groups is 1. The van der Waals surface area contributed by atoms with Crippen molar-refractivity contribution in [2.24, 2.45) is 0 Å². The van der Waals surface area contributed by atoms with Crippen LogP contribution in [0.5, 0.6) is 5.75 Å². The van der Waals surface area contributed by atoms with Crippen molar-refractivity contribution in [1.29, 1.82) is 0 Å². The van der Waals surface area contributed by atoms with Crippen LogP contribution in [0.15, 0.2) is 48.9 Å². The zero-order valence-electron chi connectivity index (χ0n) is 18.9. The number of rotatable bonds is 4. The van der Waals surface area contributed by atoms with Crippen molar-refractivity contribution in [3.8, 4) is 16.9 Å². The number of alkyl halides is 2. The summed E-state index contributed by atoms with van der Waals surface area (Å²) >= 11 is 0. The fraction of sp³-hybridized carbons (Fsp3) is 0.280. The average molecular weight is 477 g/mol. The summed E-state index contributed by atoms with van der Waals surface area (Å²) in [6.07, 6.45) is 4.89.